The first-order chi connectivity index (χ1) is 17.5. The van der Waals surface area contributed by atoms with Crippen molar-refractivity contribution in [2.75, 3.05) is 0 Å². The van der Waals surface area contributed by atoms with Crippen LogP contribution in [-0.4, -0.2) is 71.1 Å². The SMILES string of the molecule is CCCCc1nc(C)n(-c2ccoc2)c(=O)c1Cc1ccc(-c2ccccc2-c2noc(=O)[nH]2)cc1.[K]. The summed E-state index contributed by atoms with van der Waals surface area (Å²) in [5.74, 6) is 0.432. The molecule has 1 N–H and O–H groups in total. The molecule has 5 rings (SSSR count). The molecule has 0 aliphatic carbocycles. The van der Waals surface area contributed by atoms with Crippen molar-refractivity contribution >= 4 is 51.4 Å². The van der Waals surface area contributed by atoms with Gasteiger partial charge in [0.15, 0.2) is 5.82 Å². The van der Waals surface area contributed by atoms with Gasteiger partial charge in [0.05, 0.1) is 17.6 Å². The number of H-pyrrole nitrogens is 1. The average Bonchev–Trinajstić information content (AvgIpc) is 3.57. The Balaban J connectivity index is 0.00000320. The number of rotatable bonds is 8. The normalized spacial score (nSPS) is 10.9. The minimum atomic E-state index is -0.596. The third-order valence-corrected chi connectivity index (χ3v) is 6.23. The molecule has 3 aromatic heterocycles. The van der Waals surface area contributed by atoms with Gasteiger partial charge in [0, 0.05) is 75.0 Å². The molecule has 0 aliphatic heterocycles. The quantitative estimate of drug-likeness (QED) is 0.297. The fourth-order valence-electron chi connectivity index (χ4n) is 4.43. The Kier molecular flexibility index (Phi) is 8.94. The molecule has 183 valence electrons. The van der Waals surface area contributed by atoms with Crippen LogP contribution in [0.4, 0.5) is 0 Å². The molecule has 0 saturated carbocycles. The van der Waals surface area contributed by atoms with E-state index >= 15 is 0 Å². The van der Waals surface area contributed by atoms with Crippen LogP contribution < -0.4 is 11.3 Å². The van der Waals surface area contributed by atoms with Crippen molar-refractivity contribution in [3.63, 3.8) is 0 Å². The summed E-state index contributed by atoms with van der Waals surface area (Å²) in [6.07, 6.45) is 6.33. The molecule has 0 fully saturated rings. The summed E-state index contributed by atoms with van der Waals surface area (Å²) in [5, 5.41) is 3.83. The maximum Gasteiger partial charge on any atom is 0.439 e. The van der Waals surface area contributed by atoms with E-state index in [1.807, 2.05) is 55.5 Å². The molecule has 0 aliphatic rings. The Morgan fingerprint density at radius 2 is 1.76 bits per heavy atom. The zero-order chi connectivity index (χ0) is 25.1. The molecule has 0 saturated heterocycles. The second kappa shape index (κ2) is 12.1. The topological polar surface area (TPSA) is 107 Å². The summed E-state index contributed by atoms with van der Waals surface area (Å²) in [6.45, 7) is 3.98. The fraction of sp³-hybridized carbons (Fsp3) is 0.214. The molecule has 0 unspecified atom stereocenters. The van der Waals surface area contributed by atoms with Gasteiger partial charge in [0.2, 0.25) is 0 Å². The van der Waals surface area contributed by atoms with E-state index in [1.54, 1.807) is 23.2 Å². The molecular formula is C28H26KN4O4. The number of nitrogens with one attached hydrogen (secondary N) is 1. The summed E-state index contributed by atoms with van der Waals surface area (Å²) in [4.78, 5) is 32.5. The molecule has 5 aromatic rings. The summed E-state index contributed by atoms with van der Waals surface area (Å²) in [7, 11) is 0. The number of aryl methyl sites for hydroxylation is 2. The van der Waals surface area contributed by atoms with Crippen molar-refractivity contribution in [3.8, 4) is 28.2 Å². The number of nitrogens with zero attached hydrogens (tertiary/aromatic N) is 3. The second-order valence-electron chi connectivity index (χ2n) is 8.67. The Bertz CT molecular complexity index is 1600. The van der Waals surface area contributed by atoms with Crippen LogP contribution in [0, 0.1) is 6.92 Å². The minimum absolute atomic E-state index is 0. The van der Waals surface area contributed by atoms with Crippen molar-refractivity contribution in [1.82, 2.24) is 19.7 Å². The van der Waals surface area contributed by atoms with Gasteiger partial charge >= 0.3 is 5.76 Å². The smallest absolute Gasteiger partial charge is 0.439 e. The van der Waals surface area contributed by atoms with Gasteiger partial charge in [-0.25, -0.2) is 9.78 Å². The number of aromatic amines is 1. The number of hydrogen-bond acceptors (Lipinski definition) is 6. The van der Waals surface area contributed by atoms with Crippen LogP contribution in [0.25, 0.3) is 28.2 Å². The molecule has 3 heterocycles. The first kappa shape index (κ1) is 27.2. The Hall–Kier alpha value is -2.82. The fourth-order valence-corrected chi connectivity index (χ4v) is 4.43. The third kappa shape index (κ3) is 5.86. The van der Waals surface area contributed by atoms with Crippen LogP contribution >= 0.6 is 0 Å². The zero-order valence-electron chi connectivity index (χ0n) is 21.2. The van der Waals surface area contributed by atoms with Gasteiger partial charge in [-0.1, -0.05) is 67.0 Å². The van der Waals surface area contributed by atoms with Crippen molar-refractivity contribution in [2.45, 2.75) is 39.5 Å². The first-order valence-electron chi connectivity index (χ1n) is 11.9. The Morgan fingerprint density at radius 1 is 1.00 bits per heavy atom. The maximum atomic E-state index is 13.6. The van der Waals surface area contributed by atoms with Gasteiger partial charge in [0.25, 0.3) is 5.56 Å². The number of benzene rings is 2. The summed E-state index contributed by atoms with van der Waals surface area (Å²) in [6, 6.07) is 17.5. The standard InChI is InChI=1S/C28H26N4O4.K/c1-3-4-9-25-24(27(33)32(18(2)29-25)21-14-15-35-17-21)16-19-10-12-20(13-11-19)22-7-5-6-8-23(22)26-30-28(34)36-31-26;/h5-8,10-15,17H,3-4,9,16H2,1-2H3,(H,30,31,34);. The van der Waals surface area contributed by atoms with Gasteiger partial charge in [0.1, 0.15) is 12.1 Å². The van der Waals surface area contributed by atoms with Crippen molar-refractivity contribution < 1.29 is 8.94 Å². The molecule has 37 heavy (non-hydrogen) atoms. The van der Waals surface area contributed by atoms with Crippen LogP contribution in [0.5, 0.6) is 0 Å². The number of hydrogen-bond donors (Lipinski definition) is 1. The van der Waals surface area contributed by atoms with Gasteiger partial charge < -0.3 is 4.42 Å². The van der Waals surface area contributed by atoms with Crippen LogP contribution in [-0.2, 0) is 12.8 Å². The van der Waals surface area contributed by atoms with Crippen LogP contribution in [0.15, 0.2) is 85.7 Å². The van der Waals surface area contributed by atoms with E-state index in [0.717, 1.165) is 47.2 Å². The molecule has 9 heteroatoms. The first-order valence-corrected chi connectivity index (χ1v) is 11.9. The van der Waals surface area contributed by atoms with Crippen LogP contribution in [0.3, 0.4) is 0 Å². The second-order valence-corrected chi connectivity index (χ2v) is 8.67. The van der Waals surface area contributed by atoms with E-state index < -0.39 is 5.76 Å². The predicted molar refractivity (Wildman–Crippen MR) is 142 cm³/mol. The van der Waals surface area contributed by atoms with E-state index in [9.17, 15) is 9.59 Å². The van der Waals surface area contributed by atoms with E-state index in [1.165, 1.54) is 0 Å². The van der Waals surface area contributed by atoms with E-state index in [2.05, 4.69) is 21.6 Å². The van der Waals surface area contributed by atoms with Crippen molar-refractivity contribution in [2.24, 2.45) is 0 Å². The molecule has 0 spiro atoms. The Morgan fingerprint density at radius 3 is 2.41 bits per heavy atom. The number of aromatic nitrogens is 4. The van der Waals surface area contributed by atoms with Gasteiger partial charge in [-0.15, -0.1) is 0 Å². The minimum Gasteiger partial charge on any atom is -0.470 e. The van der Waals surface area contributed by atoms with E-state index in [4.69, 9.17) is 9.40 Å². The van der Waals surface area contributed by atoms with Crippen LogP contribution in [0.1, 0.15) is 42.4 Å². The predicted octanol–water partition coefficient (Wildman–Crippen LogP) is 4.70. The molecule has 2 aromatic carbocycles. The maximum absolute atomic E-state index is 13.6. The van der Waals surface area contributed by atoms with Gasteiger partial charge in [-0.3, -0.25) is 18.9 Å². The van der Waals surface area contributed by atoms with E-state index in [-0.39, 0.29) is 56.9 Å². The molecule has 0 atom stereocenters. The largest absolute Gasteiger partial charge is 0.470 e. The molecule has 0 amide bonds. The number of furan rings is 1. The number of unbranched alkanes of at least 4 members (excludes halogenated alkanes) is 1. The summed E-state index contributed by atoms with van der Waals surface area (Å²) < 4.78 is 11.5. The average molecular weight is 522 g/mol. The molecular weight excluding hydrogens is 495 g/mol. The zero-order valence-corrected chi connectivity index (χ0v) is 24.3. The van der Waals surface area contributed by atoms with Gasteiger partial charge in [-0.05, 0) is 36.5 Å². The van der Waals surface area contributed by atoms with Crippen molar-refractivity contribution in [3.05, 3.63) is 111 Å². The third-order valence-electron chi connectivity index (χ3n) is 6.23. The molecule has 8 nitrogen and oxygen atoms in total. The monoisotopic (exact) mass is 521 g/mol. The molecule has 1 radical (unpaired) electrons. The van der Waals surface area contributed by atoms with Gasteiger partial charge in [-0.2, -0.15) is 0 Å². The van der Waals surface area contributed by atoms with Crippen molar-refractivity contribution in [1.29, 1.82) is 0 Å². The Labute approximate surface area is 256 Å². The molecule has 0 bridgehead atoms. The van der Waals surface area contributed by atoms with Crippen LogP contribution in [0.2, 0.25) is 0 Å². The summed E-state index contributed by atoms with van der Waals surface area (Å²) >= 11 is 0. The summed E-state index contributed by atoms with van der Waals surface area (Å²) in [5.41, 5.74) is 5.80. The van der Waals surface area contributed by atoms with E-state index in [0.29, 0.717) is 29.3 Å².